The van der Waals surface area contributed by atoms with Gasteiger partial charge in [-0.15, -0.1) is 0 Å². The second kappa shape index (κ2) is 7.24. The van der Waals surface area contributed by atoms with Gasteiger partial charge in [0.05, 0.1) is 11.7 Å². The molecule has 26 heavy (non-hydrogen) atoms. The molecule has 0 spiro atoms. The fourth-order valence-electron chi connectivity index (χ4n) is 3.31. The maximum absolute atomic E-state index is 13.1. The van der Waals surface area contributed by atoms with Crippen molar-refractivity contribution in [3.05, 3.63) is 62.6 Å². The lowest BCUT2D eigenvalue weighted by Crippen LogP contribution is -2.42. The second-order valence-corrected chi connectivity index (χ2v) is 8.98. The molecule has 0 fully saturated rings. The first-order valence-corrected chi connectivity index (χ1v) is 9.89. The molecule has 0 N–H and O–H groups in total. The normalized spacial score (nSPS) is 17.0. The van der Waals surface area contributed by atoms with Gasteiger partial charge in [-0.25, -0.2) is 4.79 Å². The number of ether oxygens (including phenoxy) is 1. The quantitative estimate of drug-likeness (QED) is 0.490. The zero-order chi connectivity index (χ0) is 19.1. The first-order chi connectivity index (χ1) is 12.2. The Kier molecular flexibility index (Phi) is 5.36. The Morgan fingerprint density at radius 3 is 2.65 bits per heavy atom. The predicted molar refractivity (Wildman–Crippen MR) is 110 cm³/mol. The van der Waals surface area contributed by atoms with E-state index >= 15 is 0 Å². The molecule has 0 aliphatic carbocycles. The summed E-state index contributed by atoms with van der Waals surface area (Å²) in [6.45, 7) is 7.71. The molecule has 0 saturated heterocycles. The smallest absolute Gasteiger partial charge is 0.415 e. The summed E-state index contributed by atoms with van der Waals surface area (Å²) >= 11 is 9.80. The van der Waals surface area contributed by atoms with Crippen molar-refractivity contribution in [1.29, 1.82) is 0 Å². The van der Waals surface area contributed by atoms with E-state index < -0.39 is 5.60 Å². The van der Waals surface area contributed by atoms with Crippen LogP contribution >= 0.6 is 27.5 Å². The Morgan fingerprint density at radius 2 is 2.00 bits per heavy atom. The van der Waals surface area contributed by atoms with Crippen LogP contribution in [0.4, 0.5) is 10.5 Å². The van der Waals surface area contributed by atoms with E-state index in [2.05, 4.69) is 28.9 Å². The van der Waals surface area contributed by atoms with Crippen molar-refractivity contribution in [2.45, 2.75) is 52.2 Å². The molecule has 1 aliphatic rings. The number of benzene rings is 2. The summed E-state index contributed by atoms with van der Waals surface area (Å²) in [5.74, 6) is 0. The monoisotopic (exact) mass is 435 g/mol. The van der Waals surface area contributed by atoms with Gasteiger partial charge in [-0.3, -0.25) is 4.90 Å². The molecule has 1 amide bonds. The van der Waals surface area contributed by atoms with Crippen LogP contribution in [0.2, 0.25) is 5.02 Å². The summed E-state index contributed by atoms with van der Waals surface area (Å²) in [6, 6.07) is 11.8. The van der Waals surface area contributed by atoms with Crippen LogP contribution in [0.5, 0.6) is 0 Å². The Morgan fingerprint density at radius 1 is 1.27 bits per heavy atom. The van der Waals surface area contributed by atoms with Crippen LogP contribution in [0.25, 0.3) is 0 Å². The zero-order valence-electron chi connectivity index (χ0n) is 15.5. The SMILES string of the molecule is Cc1cc2c(cc1Br)N(C(=O)OC(C)(C)C)C(c1cccc(Cl)c1)CC2. The molecule has 1 heterocycles. The van der Waals surface area contributed by atoms with E-state index in [1.165, 1.54) is 0 Å². The Bertz CT molecular complexity index is 844. The number of nitrogens with zero attached hydrogens (tertiary/aromatic N) is 1. The molecule has 2 aromatic rings. The summed E-state index contributed by atoms with van der Waals surface area (Å²) in [6.07, 6.45) is 1.40. The molecule has 1 atom stereocenters. The van der Waals surface area contributed by atoms with Gasteiger partial charge in [0.1, 0.15) is 5.60 Å². The number of carbonyl (C=O) groups excluding carboxylic acids is 1. The number of carbonyl (C=O) groups is 1. The van der Waals surface area contributed by atoms with E-state index in [4.69, 9.17) is 16.3 Å². The lowest BCUT2D eigenvalue weighted by Gasteiger charge is -2.38. The van der Waals surface area contributed by atoms with Crippen LogP contribution in [-0.2, 0) is 11.2 Å². The number of rotatable bonds is 1. The molecule has 0 saturated carbocycles. The van der Waals surface area contributed by atoms with Crippen molar-refractivity contribution in [2.24, 2.45) is 0 Å². The zero-order valence-corrected chi connectivity index (χ0v) is 17.8. The van der Waals surface area contributed by atoms with Gasteiger partial charge in [0, 0.05) is 9.50 Å². The number of amides is 1. The number of halogens is 2. The van der Waals surface area contributed by atoms with Gasteiger partial charge in [-0.2, -0.15) is 0 Å². The molecule has 5 heteroatoms. The number of anilines is 1. The molecule has 0 bridgehead atoms. The first-order valence-electron chi connectivity index (χ1n) is 8.72. The van der Waals surface area contributed by atoms with Crippen LogP contribution in [0.15, 0.2) is 40.9 Å². The minimum absolute atomic E-state index is 0.106. The van der Waals surface area contributed by atoms with Crippen molar-refractivity contribution >= 4 is 39.3 Å². The van der Waals surface area contributed by atoms with Crippen molar-refractivity contribution < 1.29 is 9.53 Å². The number of hydrogen-bond acceptors (Lipinski definition) is 2. The molecule has 0 aromatic heterocycles. The average Bonchev–Trinajstić information content (AvgIpc) is 2.53. The highest BCUT2D eigenvalue weighted by atomic mass is 79.9. The maximum atomic E-state index is 13.1. The van der Waals surface area contributed by atoms with Gasteiger partial charge in [-0.1, -0.05) is 45.7 Å². The van der Waals surface area contributed by atoms with Crippen molar-refractivity contribution in [1.82, 2.24) is 0 Å². The minimum atomic E-state index is -0.560. The van der Waals surface area contributed by atoms with Crippen LogP contribution in [0, 0.1) is 6.92 Å². The minimum Gasteiger partial charge on any atom is -0.443 e. The fraction of sp³-hybridized carbons (Fsp3) is 0.381. The molecule has 1 unspecified atom stereocenters. The van der Waals surface area contributed by atoms with E-state index in [1.807, 2.05) is 51.1 Å². The predicted octanol–water partition coefficient (Wildman–Crippen LogP) is 6.84. The lowest BCUT2D eigenvalue weighted by molar-refractivity contribution is 0.0560. The molecule has 2 aromatic carbocycles. The first kappa shape index (κ1) is 19.2. The van der Waals surface area contributed by atoms with Gasteiger partial charge in [-0.05, 0) is 75.4 Å². The van der Waals surface area contributed by atoms with Gasteiger partial charge < -0.3 is 4.74 Å². The van der Waals surface area contributed by atoms with Crippen LogP contribution in [0.3, 0.4) is 0 Å². The molecule has 138 valence electrons. The van der Waals surface area contributed by atoms with Gasteiger partial charge in [0.2, 0.25) is 0 Å². The van der Waals surface area contributed by atoms with Crippen molar-refractivity contribution in [3.63, 3.8) is 0 Å². The van der Waals surface area contributed by atoms with Crippen LogP contribution < -0.4 is 4.90 Å². The third kappa shape index (κ3) is 4.07. The molecule has 0 radical (unpaired) electrons. The Labute approximate surface area is 168 Å². The third-order valence-corrected chi connectivity index (χ3v) is 5.53. The summed E-state index contributed by atoms with van der Waals surface area (Å²) in [7, 11) is 0. The highest BCUT2D eigenvalue weighted by Crippen LogP contribution is 2.42. The number of aryl methyl sites for hydroxylation is 2. The fourth-order valence-corrected chi connectivity index (χ4v) is 3.84. The van der Waals surface area contributed by atoms with Gasteiger partial charge in [0.15, 0.2) is 0 Å². The van der Waals surface area contributed by atoms with Crippen molar-refractivity contribution in [3.8, 4) is 0 Å². The van der Waals surface area contributed by atoms with Crippen molar-refractivity contribution in [2.75, 3.05) is 4.90 Å². The van der Waals surface area contributed by atoms with E-state index in [9.17, 15) is 4.79 Å². The summed E-state index contributed by atoms with van der Waals surface area (Å²) in [4.78, 5) is 14.9. The van der Waals surface area contributed by atoms with Gasteiger partial charge in [0.25, 0.3) is 0 Å². The maximum Gasteiger partial charge on any atom is 0.415 e. The largest absolute Gasteiger partial charge is 0.443 e. The molecule has 3 rings (SSSR count). The highest BCUT2D eigenvalue weighted by molar-refractivity contribution is 9.10. The molecular formula is C21H23BrClNO2. The lowest BCUT2D eigenvalue weighted by atomic mass is 9.91. The van der Waals surface area contributed by atoms with E-state index in [-0.39, 0.29) is 12.1 Å². The third-order valence-electron chi connectivity index (χ3n) is 4.44. The van der Waals surface area contributed by atoms with Gasteiger partial charge >= 0.3 is 6.09 Å². The molecular weight excluding hydrogens is 414 g/mol. The van der Waals surface area contributed by atoms with E-state index in [0.29, 0.717) is 5.02 Å². The Hall–Kier alpha value is -1.52. The molecule has 1 aliphatic heterocycles. The Balaban J connectivity index is 2.09. The van der Waals surface area contributed by atoms with E-state index in [1.54, 1.807) is 4.90 Å². The summed E-state index contributed by atoms with van der Waals surface area (Å²) in [5, 5.41) is 0.669. The van der Waals surface area contributed by atoms with Crippen LogP contribution in [0.1, 0.15) is 49.9 Å². The summed E-state index contributed by atoms with van der Waals surface area (Å²) in [5.41, 5.74) is 3.68. The van der Waals surface area contributed by atoms with E-state index in [0.717, 1.165) is 39.7 Å². The number of fused-ring (bicyclic) bond motifs is 1. The second-order valence-electron chi connectivity index (χ2n) is 7.69. The molecule has 3 nitrogen and oxygen atoms in total. The number of hydrogen-bond donors (Lipinski definition) is 0. The average molecular weight is 437 g/mol. The van der Waals surface area contributed by atoms with Crippen LogP contribution in [-0.4, -0.2) is 11.7 Å². The summed E-state index contributed by atoms with van der Waals surface area (Å²) < 4.78 is 6.71. The standard InChI is InChI=1S/C21H23BrClNO2/c1-13-10-15-8-9-18(14-6-5-7-16(23)11-14)24(19(15)12-17(13)22)20(25)26-21(2,3)4/h5-7,10-12,18H,8-9H2,1-4H3. The highest BCUT2D eigenvalue weighted by Gasteiger charge is 2.35. The topological polar surface area (TPSA) is 29.5 Å².